The van der Waals surface area contributed by atoms with Gasteiger partial charge in [0.05, 0.1) is 5.69 Å². The number of hydrogen-bond donors (Lipinski definition) is 1. The zero-order chi connectivity index (χ0) is 17.1. The van der Waals surface area contributed by atoms with Crippen molar-refractivity contribution in [1.29, 1.82) is 0 Å². The highest BCUT2D eigenvalue weighted by Crippen LogP contribution is 2.17. The predicted molar refractivity (Wildman–Crippen MR) is 90.2 cm³/mol. The van der Waals surface area contributed by atoms with E-state index in [9.17, 15) is 14.4 Å². The predicted octanol–water partition coefficient (Wildman–Crippen LogP) is 1.96. The maximum atomic E-state index is 12.1. The van der Waals surface area contributed by atoms with Gasteiger partial charge in [0.1, 0.15) is 6.54 Å². The van der Waals surface area contributed by atoms with E-state index in [0.717, 1.165) is 36.9 Å². The van der Waals surface area contributed by atoms with E-state index in [1.54, 1.807) is 30.3 Å². The van der Waals surface area contributed by atoms with Crippen molar-refractivity contribution in [2.75, 3.05) is 5.32 Å². The highest BCUT2D eigenvalue weighted by molar-refractivity contribution is 5.95. The summed E-state index contributed by atoms with van der Waals surface area (Å²) in [7, 11) is 0. The van der Waals surface area contributed by atoms with E-state index in [-0.39, 0.29) is 23.8 Å². The van der Waals surface area contributed by atoms with E-state index in [4.69, 9.17) is 0 Å². The SMILES string of the molecule is CC(=O)c1ccc(NC(=O)Cn2nc3c(cc2=O)CCCC3)cc1. The Morgan fingerprint density at radius 3 is 2.58 bits per heavy atom. The fraction of sp³-hybridized carbons (Fsp3) is 0.333. The molecule has 0 spiro atoms. The van der Waals surface area contributed by atoms with Gasteiger partial charge in [-0.15, -0.1) is 0 Å². The Morgan fingerprint density at radius 1 is 1.17 bits per heavy atom. The summed E-state index contributed by atoms with van der Waals surface area (Å²) >= 11 is 0. The molecular formula is C18H19N3O3. The van der Waals surface area contributed by atoms with Gasteiger partial charge in [0.2, 0.25) is 5.91 Å². The van der Waals surface area contributed by atoms with Crippen LogP contribution in [0.4, 0.5) is 5.69 Å². The summed E-state index contributed by atoms with van der Waals surface area (Å²) in [5.41, 5.74) is 2.83. The van der Waals surface area contributed by atoms with Crippen molar-refractivity contribution >= 4 is 17.4 Å². The number of Topliss-reactive ketones (excluding diaryl/α,β-unsaturated/α-hetero) is 1. The molecule has 1 aromatic carbocycles. The Bertz CT molecular complexity index is 838. The molecule has 0 fully saturated rings. The summed E-state index contributed by atoms with van der Waals surface area (Å²) in [4.78, 5) is 35.5. The fourth-order valence-electron chi connectivity index (χ4n) is 2.84. The summed E-state index contributed by atoms with van der Waals surface area (Å²) in [6, 6.07) is 8.23. The second-order valence-electron chi connectivity index (χ2n) is 6.00. The highest BCUT2D eigenvalue weighted by atomic mass is 16.2. The minimum Gasteiger partial charge on any atom is -0.324 e. The monoisotopic (exact) mass is 325 g/mol. The van der Waals surface area contributed by atoms with E-state index < -0.39 is 0 Å². The molecule has 1 aliphatic rings. The number of carbonyl (C=O) groups excluding carboxylic acids is 2. The number of nitrogens with zero attached hydrogens (tertiary/aromatic N) is 2. The summed E-state index contributed by atoms with van der Waals surface area (Å²) < 4.78 is 1.21. The van der Waals surface area contributed by atoms with Gasteiger partial charge in [0.25, 0.3) is 5.56 Å². The van der Waals surface area contributed by atoms with E-state index in [1.807, 2.05) is 0 Å². The average Bonchev–Trinajstić information content (AvgIpc) is 2.56. The van der Waals surface area contributed by atoms with Gasteiger partial charge in [-0.2, -0.15) is 5.10 Å². The lowest BCUT2D eigenvalue weighted by atomic mass is 9.97. The fourth-order valence-corrected chi connectivity index (χ4v) is 2.84. The Kier molecular flexibility index (Phi) is 4.55. The van der Waals surface area contributed by atoms with Crippen molar-refractivity contribution in [2.24, 2.45) is 0 Å². The molecule has 0 aliphatic heterocycles. The number of anilines is 1. The van der Waals surface area contributed by atoms with Crippen LogP contribution in [-0.4, -0.2) is 21.5 Å². The first-order valence-electron chi connectivity index (χ1n) is 8.04. The molecule has 1 amide bonds. The van der Waals surface area contributed by atoms with E-state index in [1.165, 1.54) is 11.6 Å². The third-order valence-corrected chi connectivity index (χ3v) is 4.14. The van der Waals surface area contributed by atoms with Gasteiger partial charge >= 0.3 is 0 Å². The standard InChI is InChI=1S/C18H19N3O3/c1-12(22)13-6-8-15(9-7-13)19-17(23)11-21-18(24)10-14-4-2-3-5-16(14)20-21/h6-10H,2-5,11H2,1H3,(H,19,23). The molecule has 1 aliphatic carbocycles. The van der Waals surface area contributed by atoms with Crippen molar-refractivity contribution in [1.82, 2.24) is 9.78 Å². The average molecular weight is 325 g/mol. The van der Waals surface area contributed by atoms with Crippen LogP contribution in [0.3, 0.4) is 0 Å². The van der Waals surface area contributed by atoms with Gasteiger partial charge in [-0.3, -0.25) is 14.4 Å². The van der Waals surface area contributed by atoms with Gasteiger partial charge in [0, 0.05) is 17.3 Å². The van der Waals surface area contributed by atoms with E-state index in [0.29, 0.717) is 11.3 Å². The molecule has 1 heterocycles. The normalized spacial score (nSPS) is 13.2. The van der Waals surface area contributed by atoms with Crippen LogP contribution in [0.25, 0.3) is 0 Å². The number of fused-ring (bicyclic) bond motifs is 1. The van der Waals surface area contributed by atoms with Gasteiger partial charge in [0.15, 0.2) is 5.78 Å². The maximum absolute atomic E-state index is 12.1. The molecule has 124 valence electrons. The van der Waals surface area contributed by atoms with Crippen LogP contribution in [0, 0.1) is 0 Å². The lowest BCUT2D eigenvalue weighted by Gasteiger charge is -2.15. The second kappa shape index (κ2) is 6.78. The topological polar surface area (TPSA) is 81.1 Å². The van der Waals surface area contributed by atoms with Crippen molar-refractivity contribution < 1.29 is 9.59 Å². The smallest absolute Gasteiger partial charge is 0.267 e. The Hall–Kier alpha value is -2.76. The maximum Gasteiger partial charge on any atom is 0.267 e. The Morgan fingerprint density at radius 2 is 1.88 bits per heavy atom. The number of aryl methyl sites for hydroxylation is 2. The molecule has 6 heteroatoms. The molecular weight excluding hydrogens is 306 g/mol. The largest absolute Gasteiger partial charge is 0.324 e. The number of ketones is 1. The molecule has 3 rings (SSSR count). The molecule has 0 bridgehead atoms. The van der Waals surface area contributed by atoms with Crippen molar-refractivity contribution in [3.63, 3.8) is 0 Å². The molecule has 0 saturated heterocycles. The van der Waals surface area contributed by atoms with Gasteiger partial charge in [-0.25, -0.2) is 4.68 Å². The molecule has 0 saturated carbocycles. The molecule has 6 nitrogen and oxygen atoms in total. The van der Waals surface area contributed by atoms with E-state index >= 15 is 0 Å². The summed E-state index contributed by atoms with van der Waals surface area (Å²) in [6.07, 6.45) is 3.87. The van der Waals surface area contributed by atoms with Crippen LogP contribution in [-0.2, 0) is 24.2 Å². The quantitative estimate of drug-likeness (QED) is 0.871. The third kappa shape index (κ3) is 3.59. The van der Waals surface area contributed by atoms with Crippen molar-refractivity contribution in [3.05, 3.63) is 57.5 Å². The number of benzene rings is 1. The van der Waals surface area contributed by atoms with Gasteiger partial charge in [-0.05, 0) is 62.4 Å². The number of hydrogen-bond acceptors (Lipinski definition) is 4. The number of amides is 1. The van der Waals surface area contributed by atoms with Crippen molar-refractivity contribution in [3.8, 4) is 0 Å². The molecule has 24 heavy (non-hydrogen) atoms. The molecule has 0 atom stereocenters. The first-order chi connectivity index (χ1) is 11.5. The Labute approximate surface area is 139 Å². The minimum absolute atomic E-state index is 0.0299. The van der Waals surface area contributed by atoms with Crippen LogP contribution in [0.5, 0.6) is 0 Å². The molecule has 0 unspecified atom stereocenters. The molecule has 1 N–H and O–H groups in total. The van der Waals surface area contributed by atoms with Gasteiger partial charge in [-0.1, -0.05) is 0 Å². The third-order valence-electron chi connectivity index (χ3n) is 4.14. The van der Waals surface area contributed by atoms with Crippen LogP contribution in [0.15, 0.2) is 35.1 Å². The lowest BCUT2D eigenvalue weighted by Crippen LogP contribution is -2.31. The number of aromatic nitrogens is 2. The van der Waals surface area contributed by atoms with E-state index in [2.05, 4.69) is 10.4 Å². The summed E-state index contributed by atoms with van der Waals surface area (Å²) in [6.45, 7) is 1.36. The summed E-state index contributed by atoms with van der Waals surface area (Å²) in [5.74, 6) is -0.353. The first kappa shape index (κ1) is 16.1. The van der Waals surface area contributed by atoms with Crippen LogP contribution in [0.1, 0.15) is 41.4 Å². The Balaban J connectivity index is 1.70. The highest BCUT2D eigenvalue weighted by Gasteiger charge is 2.14. The molecule has 1 aromatic heterocycles. The number of nitrogens with one attached hydrogen (secondary N) is 1. The zero-order valence-corrected chi connectivity index (χ0v) is 13.5. The van der Waals surface area contributed by atoms with Crippen LogP contribution in [0.2, 0.25) is 0 Å². The number of carbonyl (C=O) groups is 2. The summed E-state index contributed by atoms with van der Waals surface area (Å²) in [5, 5.41) is 7.04. The zero-order valence-electron chi connectivity index (χ0n) is 13.5. The number of rotatable bonds is 4. The van der Waals surface area contributed by atoms with Crippen molar-refractivity contribution in [2.45, 2.75) is 39.2 Å². The van der Waals surface area contributed by atoms with Crippen LogP contribution < -0.4 is 10.9 Å². The van der Waals surface area contributed by atoms with Crippen LogP contribution >= 0.6 is 0 Å². The molecule has 0 radical (unpaired) electrons. The van der Waals surface area contributed by atoms with Gasteiger partial charge < -0.3 is 5.32 Å². The molecule has 2 aromatic rings. The minimum atomic E-state index is -0.323. The lowest BCUT2D eigenvalue weighted by molar-refractivity contribution is -0.117. The second-order valence-corrected chi connectivity index (χ2v) is 6.00. The first-order valence-corrected chi connectivity index (χ1v) is 8.04.